The molecule has 0 aromatic heterocycles. The van der Waals surface area contributed by atoms with E-state index in [1.54, 1.807) is 24.3 Å². The van der Waals surface area contributed by atoms with Gasteiger partial charge in [-0.1, -0.05) is 30.3 Å². The van der Waals surface area contributed by atoms with Gasteiger partial charge in [0.05, 0.1) is 18.4 Å². The Kier molecular flexibility index (Phi) is 4.59. The van der Waals surface area contributed by atoms with Crippen LogP contribution < -0.4 is 16.4 Å². The van der Waals surface area contributed by atoms with E-state index >= 15 is 0 Å². The maximum Gasteiger partial charge on any atom is 0.250 e. The number of fused-ring (bicyclic) bond motifs is 4. The van der Waals surface area contributed by atoms with Crippen molar-refractivity contribution in [3.8, 4) is 0 Å². The molecule has 3 aliphatic heterocycles. The maximum atomic E-state index is 13.6. The van der Waals surface area contributed by atoms with Crippen LogP contribution >= 0.6 is 0 Å². The highest BCUT2D eigenvalue weighted by Gasteiger charge is 2.70. The van der Waals surface area contributed by atoms with Gasteiger partial charge in [-0.3, -0.25) is 29.4 Å². The van der Waals surface area contributed by atoms with Crippen molar-refractivity contribution in [3.05, 3.63) is 65.5 Å². The number of anilines is 1. The molecule has 3 aliphatic rings. The lowest BCUT2D eigenvalue weighted by atomic mass is 9.76. The second-order valence-electron chi connectivity index (χ2n) is 8.46. The molecule has 8 nitrogen and oxygen atoms in total. The first-order valence-corrected chi connectivity index (χ1v) is 10.4. The highest BCUT2D eigenvalue weighted by Crippen LogP contribution is 2.53. The minimum Gasteiger partial charge on any atom is -0.370 e. The number of halogens is 1. The monoisotopic (exact) mass is 436 g/mol. The van der Waals surface area contributed by atoms with E-state index in [0.29, 0.717) is 16.8 Å². The first-order chi connectivity index (χ1) is 15.3. The van der Waals surface area contributed by atoms with Crippen LogP contribution in [0, 0.1) is 17.7 Å². The molecule has 0 unspecified atom stereocenters. The normalized spacial score (nSPS) is 28.2. The lowest BCUT2D eigenvalue weighted by molar-refractivity contribution is -0.143. The third-order valence-corrected chi connectivity index (χ3v) is 6.67. The van der Waals surface area contributed by atoms with Crippen LogP contribution in [0.15, 0.2) is 48.5 Å². The Balaban J connectivity index is 1.56. The standard InChI is InChI=1S/C23H21FN4O4/c24-13-7-5-12(6-8-13)11-28-20(30)18-16(9-10-17(25)29)27-23(19(18)21(28)31)14-3-1-2-4-15(14)26-22(23)32/h1-8,16,18-19,27H,9-11H2,(H2,25,29)(H,26,32)/t16-,18-,19+,23+/m1/s1. The van der Waals surface area contributed by atoms with Gasteiger partial charge in [-0.15, -0.1) is 0 Å². The van der Waals surface area contributed by atoms with Crippen molar-refractivity contribution >= 4 is 29.3 Å². The summed E-state index contributed by atoms with van der Waals surface area (Å²) in [7, 11) is 0. The number of carbonyl (C=O) groups is 4. The molecule has 1 spiro atoms. The predicted molar refractivity (Wildman–Crippen MR) is 111 cm³/mol. The van der Waals surface area contributed by atoms with Crippen LogP contribution in [0.1, 0.15) is 24.0 Å². The van der Waals surface area contributed by atoms with Crippen molar-refractivity contribution in [1.82, 2.24) is 10.2 Å². The summed E-state index contributed by atoms with van der Waals surface area (Å²) >= 11 is 0. The molecule has 0 aliphatic carbocycles. The van der Waals surface area contributed by atoms with Crippen LogP contribution in [0.5, 0.6) is 0 Å². The number of rotatable bonds is 5. The number of hydrogen-bond donors (Lipinski definition) is 3. The lowest BCUT2D eigenvalue weighted by Gasteiger charge is -2.29. The third-order valence-electron chi connectivity index (χ3n) is 6.67. The number of benzene rings is 2. The first-order valence-electron chi connectivity index (χ1n) is 10.4. The smallest absolute Gasteiger partial charge is 0.250 e. The molecule has 9 heteroatoms. The molecule has 2 aromatic carbocycles. The Morgan fingerprint density at radius 1 is 1.06 bits per heavy atom. The fourth-order valence-electron chi connectivity index (χ4n) is 5.29. The van der Waals surface area contributed by atoms with Gasteiger partial charge in [0.25, 0.3) is 0 Å². The molecule has 4 atom stereocenters. The Morgan fingerprint density at radius 2 is 1.78 bits per heavy atom. The Hall–Kier alpha value is -3.59. The number of nitrogens with zero attached hydrogens (tertiary/aromatic N) is 1. The fourth-order valence-corrected chi connectivity index (χ4v) is 5.29. The SMILES string of the molecule is NC(=O)CC[C@H]1N[C@]2(C(=O)Nc3ccccc32)[C@@H]2C(=O)N(Cc3ccc(F)cc3)C(=O)[C@@H]21. The van der Waals surface area contributed by atoms with E-state index in [1.165, 1.54) is 24.3 Å². The van der Waals surface area contributed by atoms with Crippen LogP contribution in [0.4, 0.5) is 10.1 Å². The molecule has 2 fully saturated rings. The van der Waals surface area contributed by atoms with Gasteiger partial charge in [0.15, 0.2) is 0 Å². The number of para-hydroxylation sites is 1. The summed E-state index contributed by atoms with van der Waals surface area (Å²) in [5, 5.41) is 6.06. The molecule has 0 saturated carbocycles. The Morgan fingerprint density at radius 3 is 2.50 bits per heavy atom. The number of primary amides is 1. The lowest BCUT2D eigenvalue weighted by Crippen LogP contribution is -2.53. The van der Waals surface area contributed by atoms with Crippen LogP contribution in [0.2, 0.25) is 0 Å². The highest BCUT2D eigenvalue weighted by molar-refractivity contribution is 6.15. The van der Waals surface area contributed by atoms with Gasteiger partial charge < -0.3 is 11.1 Å². The first kappa shape index (κ1) is 20.3. The van der Waals surface area contributed by atoms with E-state index in [-0.39, 0.29) is 19.4 Å². The second-order valence-corrected chi connectivity index (χ2v) is 8.46. The molecule has 32 heavy (non-hydrogen) atoms. The zero-order valence-corrected chi connectivity index (χ0v) is 17.0. The summed E-state index contributed by atoms with van der Waals surface area (Å²) in [5.74, 6) is -4.01. The van der Waals surface area contributed by atoms with E-state index in [0.717, 1.165) is 4.90 Å². The zero-order valence-electron chi connectivity index (χ0n) is 17.0. The van der Waals surface area contributed by atoms with Crippen LogP contribution in [0.25, 0.3) is 0 Å². The molecular formula is C23H21FN4O4. The summed E-state index contributed by atoms with van der Waals surface area (Å²) < 4.78 is 13.3. The zero-order chi connectivity index (χ0) is 22.6. The molecule has 0 bridgehead atoms. The van der Waals surface area contributed by atoms with E-state index in [4.69, 9.17) is 5.73 Å². The van der Waals surface area contributed by atoms with E-state index in [2.05, 4.69) is 10.6 Å². The largest absolute Gasteiger partial charge is 0.370 e. The average Bonchev–Trinajstić information content (AvgIpc) is 3.34. The fraction of sp³-hybridized carbons (Fsp3) is 0.304. The van der Waals surface area contributed by atoms with E-state index in [9.17, 15) is 23.6 Å². The van der Waals surface area contributed by atoms with Gasteiger partial charge in [-0.2, -0.15) is 0 Å². The summed E-state index contributed by atoms with van der Waals surface area (Å²) in [5.41, 5.74) is 5.69. The third kappa shape index (κ3) is 2.85. The summed E-state index contributed by atoms with van der Waals surface area (Å²) in [4.78, 5) is 52.8. The molecule has 2 aromatic rings. The van der Waals surface area contributed by atoms with Crippen molar-refractivity contribution < 1.29 is 23.6 Å². The number of carbonyl (C=O) groups excluding carboxylic acids is 4. The Bertz CT molecular complexity index is 1150. The Labute approximate surface area is 182 Å². The molecular weight excluding hydrogens is 415 g/mol. The molecule has 5 rings (SSSR count). The van der Waals surface area contributed by atoms with Crippen molar-refractivity contribution in [3.63, 3.8) is 0 Å². The van der Waals surface area contributed by atoms with Crippen molar-refractivity contribution in [2.24, 2.45) is 17.6 Å². The molecule has 0 radical (unpaired) electrons. The minimum atomic E-state index is -1.41. The van der Waals surface area contributed by atoms with Gasteiger partial charge in [-0.05, 0) is 30.2 Å². The van der Waals surface area contributed by atoms with Gasteiger partial charge in [0.1, 0.15) is 11.4 Å². The molecule has 3 heterocycles. The average molecular weight is 436 g/mol. The van der Waals surface area contributed by atoms with E-state index < -0.39 is 52.9 Å². The molecule has 4 N–H and O–H groups in total. The van der Waals surface area contributed by atoms with Crippen molar-refractivity contribution in [1.29, 1.82) is 0 Å². The van der Waals surface area contributed by atoms with Gasteiger partial charge in [-0.25, -0.2) is 4.39 Å². The topological polar surface area (TPSA) is 122 Å². The number of nitrogens with one attached hydrogen (secondary N) is 2. The molecule has 2 saturated heterocycles. The highest BCUT2D eigenvalue weighted by atomic mass is 19.1. The molecule has 164 valence electrons. The number of imide groups is 1. The van der Waals surface area contributed by atoms with E-state index in [1.807, 2.05) is 0 Å². The van der Waals surface area contributed by atoms with Crippen molar-refractivity contribution in [2.45, 2.75) is 31.0 Å². The summed E-state index contributed by atoms with van der Waals surface area (Å²) in [6.45, 7) is -0.0210. The molecule has 4 amide bonds. The van der Waals surface area contributed by atoms with Crippen LogP contribution in [0.3, 0.4) is 0 Å². The van der Waals surface area contributed by atoms with Gasteiger partial charge in [0, 0.05) is 23.7 Å². The minimum absolute atomic E-state index is 0.0136. The number of amides is 4. The number of likely N-dealkylation sites (tertiary alicyclic amines) is 1. The van der Waals surface area contributed by atoms with Crippen molar-refractivity contribution in [2.75, 3.05) is 5.32 Å². The summed E-state index contributed by atoms with van der Waals surface area (Å²) in [6.07, 6.45) is 0.233. The van der Waals surface area contributed by atoms with Crippen LogP contribution in [-0.2, 0) is 31.3 Å². The number of nitrogens with two attached hydrogens (primary N) is 1. The quantitative estimate of drug-likeness (QED) is 0.604. The summed E-state index contributed by atoms with van der Waals surface area (Å²) in [6, 6.07) is 12.0. The predicted octanol–water partition coefficient (Wildman–Crippen LogP) is 1.01. The van der Waals surface area contributed by atoms with Gasteiger partial charge in [0.2, 0.25) is 23.6 Å². The second kappa shape index (κ2) is 7.23. The van der Waals surface area contributed by atoms with Crippen LogP contribution in [-0.4, -0.2) is 34.6 Å². The maximum absolute atomic E-state index is 13.6. The van der Waals surface area contributed by atoms with Gasteiger partial charge >= 0.3 is 0 Å². The number of hydrogen-bond acceptors (Lipinski definition) is 5.